The SMILES string of the molecule is CCC(C)N(Cc1ccc(OS(=O)(=O)c2cccc(C(F)(F)F)c2)cc1)C(=O)c1ccc(OC)cc1. The van der Waals surface area contributed by atoms with Gasteiger partial charge < -0.3 is 13.8 Å². The highest BCUT2D eigenvalue weighted by Crippen LogP contribution is 2.31. The summed E-state index contributed by atoms with van der Waals surface area (Å²) in [5, 5.41) is 0. The minimum absolute atomic E-state index is 0.0623. The van der Waals surface area contributed by atoms with Crippen molar-refractivity contribution in [2.45, 2.75) is 43.9 Å². The predicted octanol–water partition coefficient (Wildman–Crippen LogP) is 5.92. The van der Waals surface area contributed by atoms with Gasteiger partial charge in [0.25, 0.3) is 5.91 Å². The number of ether oxygens (including phenoxy) is 1. The summed E-state index contributed by atoms with van der Waals surface area (Å²) in [6, 6.07) is 16.1. The zero-order chi connectivity index (χ0) is 26.5. The lowest BCUT2D eigenvalue weighted by Gasteiger charge is -2.29. The molecule has 0 N–H and O–H groups in total. The summed E-state index contributed by atoms with van der Waals surface area (Å²) in [7, 11) is -2.94. The molecule has 0 saturated carbocycles. The lowest BCUT2D eigenvalue weighted by molar-refractivity contribution is -0.137. The van der Waals surface area contributed by atoms with Gasteiger partial charge in [0.05, 0.1) is 12.7 Å². The van der Waals surface area contributed by atoms with Crippen LogP contribution in [0.3, 0.4) is 0 Å². The van der Waals surface area contributed by atoms with Crippen LogP contribution in [-0.2, 0) is 22.8 Å². The summed E-state index contributed by atoms with van der Waals surface area (Å²) in [6.45, 7) is 4.16. The highest BCUT2D eigenvalue weighted by molar-refractivity contribution is 7.87. The highest BCUT2D eigenvalue weighted by Gasteiger charge is 2.32. The Morgan fingerprint density at radius 1 is 0.972 bits per heavy atom. The van der Waals surface area contributed by atoms with Gasteiger partial charge in [-0.25, -0.2) is 0 Å². The van der Waals surface area contributed by atoms with Crippen molar-refractivity contribution in [3.63, 3.8) is 0 Å². The second-order valence-corrected chi connectivity index (χ2v) is 9.67. The van der Waals surface area contributed by atoms with Crippen molar-refractivity contribution >= 4 is 16.0 Å². The smallest absolute Gasteiger partial charge is 0.416 e. The van der Waals surface area contributed by atoms with Crippen LogP contribution in [0.1, 0.15) is 41.8 Å². The summed E-state index contributed by atoms with van der Waals surface area (Å²) in [5.74, 6) is 0.407. The molecule has 0 aliphatic heterocycles. The maximum atomic E-state index is 13.2. The molecular weight excluding hydrogens is 495 g/mol. The average Bonchev–Trinajstić information content (AvgIpc) is 2.87. The highest BCUT2D eigenvalue weighted by atomic mass is 32.2. The third-order valence-corrected chi connectivity index (χ3v) is 6.90. The molecule has 3 aromatic rings. The number of nitrogens with zero attached hydrogens (tertiary/aromatic N) is 1. The molecule has 0 bridgehead atoms. The summed E-state index contributed by atoms with van der Waals surface area (Å²) < 4.78 is 74.0. The standard InChI is InChI=1S/C26H26F3NO5S/c1-4-18(2)30(25(31)20-10-14-22(34-3)15-11-20)17-19-8-12-23(13-9-19)35-36(32,33)24-7-5-6-21(16-24)26(27,28)29/h5-16,18H,4,17H2,1-3H3. The van der Waals surface area contributed by atoms with E-state index in [0.717, 1.165) is 30.2 Å². The normalized spacial score (nSPS) is 12.6. The van der Waals surface area contributed by atoms with Crippen LogP contribution in [0.5, 0.6) is 11.5 Å². The summed E-state index contributed by atoms with van der Waals surface area (Å²) in [6.07, 6.45) is -3.96. The molecule has 0 aliphatic carbocycles. The number of methoxy groups -OCH3 is 1. The van der Waals surface area contributed by atoms with Gasteiger partial charge in [0.15, 0.2) is 0 Å². The molecule has 0 aliphatic rings. The first-order valence-electron chi connectivity index (χ1n) is 11.1. The van der Waals surface area contributed by atoms with E-state index in [0.29, 0.717) is 17.4 Å². The van der Waals surface area contributed by atoms with Crippen LogP contribution in [-0.4, -0.2) is 32.4 Å². The number of benzene rings is 3. The van der Waals surface area contributed by atoms with E-state index in [2.05, 4.69) is 0 Å². The van der Waals surface area contributed by atoms with Crippen LogP contribution in [0.25, 0.3) is 0 Å². The minimum atomic E-state index is -4.68. The van der Waals surface area contributed by atoms with Crippen molar-refractivity contribution < 1.29 is 35.3 Å². The molecular formula is C26H26F3NO5S. The van der Waals surface area contributed by atoms with E-state index in [1.54, 1.807) is 48.4 Å². The van der Waals surface area contributed by atoms with E-state index in [4.69, 9.17) is 8.92 Å². The second kappa shape index (κ2) is 11.0. The number of alkyl halides is 3. The van der Waals surface area contributed by atoms with Crippen molar-refractivity contribution in [3.05, 3.63) is 89.5 Å². The molecule has 0 saturated heterocycles. The third-order valence-electron chi connectivity index (χ3n) is 5.65. The number of rotatable bonds is 9. The van der Waals surface area contributed by atoms with Crippen LogP contribution in [0.4, 0.5) is 13.2 Å². The van der Waals surface area contributed by atoms with Gasteiger partial charge in [-0.3, -0.25) is 4.79 Å². The Labute approximate surface area is 208 Å². The van der Waals surface area contributed by atoms with E-state index < -0.39 is 26.8 Å². The molecule has 0 heterocycles. The molecule has 192 valence electrons. The lowest BCUT2D eigenvalue weighted by Crippen LogP contribution is -2.37. The van der Waals surface area contributed by atoms with Crippen molar-refractivity contribution in [2.75, 3.05) is 7.11 Å². The minimum Gasteiger partial charge on any atom is -0.497 e. The first-order valence-corrected chi connectivity index (χ1v) is 12.5. The number of hydrogen-bond donors (Lipinski definition) is 0. The Morgan fingerprint density at radius 3 is 2.14 bits per heavy atom. The average molecular weight is 522 g/mol. The lowest BCUT2D eigenvalue weighted by atomic mass is 10.1. The number of carbonyl (C=O) groups excluding carboxylic acids is 1. The van der Waals surface area contributed by atoms with Gasteiger partial charge in [0, 0.05) is 18.2 Å². The Balaban J connectivity index is 1.76. The van der Waals surface area contributed by atoms with Crippen LogP contribution < -0.4 is 8.92 Å². The first-order chi connectivity index (χ1) is 16.9. The van der Waals surface area contributed by atoms with Crippen LogP contribution in [0, 0.1) is 0 Å². The van der Waals surface area contributed by atoms with Crippen LogP contribution in [0.2, 0.25) is 0 Å². The topological polar surface area (TPSA) is 72.9 Å². The Hall–Kier alpha value is -3.53. The van der Waals surface area contributed by atoms with E-state index >= 15 is 0 Å². The van der Waals surface area contributed by atoms with E-state index in [9.17, 15) is 26.4 Å². The zero-order valence-electron chi connectivity index (χ0n) is 20.0. The van der Waals surface area contributed by atoms with Gasteiger partial charge >= 0.3 is 16.3 Å². The third kappa shape index (κ3) is 6.57. The number of amides is 1. The molecule has 1 atom stereocenters. The fourth-order valence-corrected chi connectivity index (χ4v) is 4.37. The van der Waals surface area contributed by atoms with E-state index in [1.807, 2.05) is 13.8 Å². The molecule has 0 spiro atoms. The van der Waals surface area contributed by atoms with Crippen molar-refractivity contribution in [3.8, 4) is 11.5 Å². The monoisotopic (exact) mass is 521 g/mol. The van der Waals surface area contributed by atoms with E-state index in [1.165, 1.54) is 12.1 Å². The number of carbonyl (C=O) groups is 1. The van der Waals surface area contributed by atoms with Gasteiger partial charge in [-0.05, 0) is 73.5 Å². The Bertz CT molecular complexity index is 1290. The second-order valence-electron chi connectivity index (χ2n) is 8.13. The molecule has 1 amide bonds. The molecule has 3 rings (SSSR count). The first kappa shape index (κ1) is 27.1. The summed E-state index contributed by atoms with van der Waals surface area (Å²) >= 11 is 0. The largest absolute Gasteiger partial charge is 0.497 e. The van der Waals surface area contributed by atoms with E-state index in [-0.39, 0.29) is 24.2 Å². The van der Waals surface area contributed by atoms with Gasteiger partial charge in [-0.1, -0.05) is 25.1 Å². The molecule has 0 aromatic heterocycles. The zero-order valence-corrected chi connectivity index (χ0v) is 20.8. The molecule has 1 unspecified atom stereocenters. The van der Waals surface area contributed by atoms with Gasteiger partial charge in [-0.2, -0.15) is 21.6 Å². The number of hydrogen-bond acceptors (Lipinski definition) is 5. The molecule has 0 fully saturated rings. The molecule has 6 nitrogen and oxygen atoms in total. The van der Waals surface area contributed by atoms with Gasteiger partial charge in [0.2, 0.25) is 0 Å². The maximum absolute atomic E-state index is 13.2. The molecule has 10 heteroatoms. The van der Waals surface area contributed by atoms with Crippen molar-refractivity contribution in [2.24, 2.45) is 0 Å². The van der Waals surface area contributed by atoms with Crippen molar-refractivity contribution in [1.82, 2.24) is 4.90 Å². The van der Waals surface area contributed by atoms with Crippen LogP contribution >= 0.6 is 0 Å². The van der Waals surface area contributed by atoms with Crippen molar-refractivity contribution in [1.29, 1.82) is 0 Å². The fraction of sp³-hybridized carbons (Fsp3) is 0.269. The van der Waals surface area contributed by atoms with Gasteiger partial charge in [0.1, 0.15) is 16.4 Å². The quantitative estimate of drug-likeness (QED) is 0.327. The Morgan fingerprint density at radius 2 is 1.58 bits per heavy atom. The number of halogens is 3. The predicted molar refractivity (Wildman–Crippen MR) is 128 cm³/mol. The summed E-state index contributed by atoms with van der Waals surface area (Å²) in [4.78, 5) is 14.3. The Kier molecular flexibility index (Phi) is 8.29. The molecule has 0 radical (unpaired) electrons. The molecule has 36 heavy (non-hydrogen) atoms. The molecule has 3 aromatic carbocycles. The fourth-order valence-electron chi connectivity index (χ4n) is 3.40. The van der Waals surface area contributed by atoms with Gasteiger partial charge in [-0.15, -0.1) is 0 Å². The maximum Gasteiger partial charge on any atom is 0.416 e. The van der Waals surface area contributed by atoms with Crippen LogP contribution in [0.15, 0.2) is 77.7 Å². The summed E-state index contributed by atoms with van der Waals surface area (Å²) in [5.41, 5.74) is 0.137.